The zero-order valence-corrected chi connectivity index (χ0v) is 13.2. The molecule has 0 spiro atoms. The molecule has 0 aliphatic heterocycles. The van der Waals surface area contributed by atoms with Crippen molar-refractivity contribution in [2.75, 3.05) is 25.9 Å². The van der Waals surface area contributed by atoms with Crippen LogP contribution in [0.25, 0.3) is 0 Å². The normalized spacial score (nSPS) is 22.2. The van der Waals surface area contributed by atoms with Crippen molar-refractivity contribution in [3.63, 3.8) is 0 Å². The molecule has 3 nitrogen and oxygen atoms in total. The van der Waals surface area contributed by atoms with Crippen LogP contribution in [-0.4, -0.2) is 47.5 Å². The number of hydrogen-bond donors (Lipinski definition) is 1. The Hall–Kier alpha value is -0.220. The van der Waals surface area contributed by atoms with E-state index in [1.54, 1.807) is 0 Å². The molecule has 110 valence electrons. The predicted molar refractivity (Wildman–Crippen MR) is 82.6 cm³/mol. The van der Waals surface area contributed by atoms with Crippen LogP contribution in [0.3, 0.4) is 0 Å². The summed E-state index contributed by atoms with van der Waals surface area (Å²) in [6, 6.07) is 0.545. The van der Waals surface area contributed by atoms with Gasteiger partial charge in [0.2, 0.25) is 5.91 Å². The van der Waals surface area contributed by atoms with E-state index in [0.29, 0.717) is 17.3 Å². The molecule has 2 aliphatic rings. The Labute approximate surface area is 121 Å². The van der Waals surface area contributed by atoms with E-state index in [-0.39, 0.29) is 5.91 Å². The molecule has 0 aromatic carbocycles. The summed E-state index contributed by atoms with van der Waals surface area (Å²) in [5.41, 5.74) is 0. The van der Waals surface area contributed by atoms with Gasteiger partial charge in [-0.3, -0.25) is 4.79 Å². The summed E-state index contributed by atoms with van der Waals surface area (Å²) in [5, 5.41) is 3.43. The van der Waals surface area contributed by atoms with Crippen LogP contribution < -0.4 is 5.32 Å². The van der Waals surface area contributed by atoms with Crippen LogP contribution in [0.15, 0.2) is 0 Å². The summed E-state index contributed by atoms with van der Waals surface area (Å²) < 4.78 is 0.384. The maximum absolute atomic E-state index is 12.1. The lowest BCUT2D eigenvalue weighted by Crippen LogP contribution is -2.45. The molecule has 0 bridgehead atoms. The molecule has 2 saturated carbocycles. The molecular formula is C15H28N2OS. The average molecular weight is 284 g/mol. The van der Waals surface area contributed by atoms with Gasteiger partial charge in [-0.25, -0.2) is 0 Å². The Bertz CT molecular complexity index is 299. The van der Waals surface area contributed by atoms with Gasteiger partial charge in [0.25, 0.3) is 0 Å². The highest BCUT2D eigenvalue weighted by atomic mass is 32.2. The Balaban J connectivity index is 1.73. The van der Waals surface area contributed by atoms with E-state index >= 15 is 0 Å². The number of carbonyl (C=O) groups excluding carboxylic acids is 1. The fourth-order valence-corrected chi connectivity index (χ4v) is 4.12. The molecule has 0 aromatic heterocycles. The van der Waals surface area contributed by atoms with E-state index in [4.69, 9.17) is 0 Å². The topological polar surface area (TPSA) is 32.3 Å². The number of carbonyl (C=O) groups is 1. The molecular weight excluding hydrogens is 256 g/mol. The Kier molecular flexibility index (Phi) is 5.58. The first-order valence-electron chi connectivity index (χ1n) is 7.76. The van der Waals surface area contributed by atoms with Crippen LogP contribution >= 0.6 is 11.8 Å². The van der Waals surface area contributed by atoms with E-state index in [0.717, 1.165) is 13.1 Å². The monoisotopic (exact) mass is 284 g/mol. The minimum Gasteiger partial charge on any atom is -0.339 e. The van der Waals surface area contributed by atoms with Crippen molar-refractivity contribution in [1.82, 2.24) is 10.2 Å². The maximum atomic E-state index is 12.1. The molecule has 1 N–H and O–H groups in total. The second-order valence-corrected chi connectivity index (χ2v) is 7.24. The van der Waals surface area contributed by atoms with Crippen molar-refractivity contribution in [2.24, 2.45) is 0 Å². The van der Waals surface area contributed by atoms with Crippen molar-refractivity contribution in [3.8, 4) is 0 Å². The maximum Gasteiger partial charge on any atom is 0.236 e. The first-order chi connectivity index (χ1) is 9.21. The van der Waals surface area contributed by atoms with Crippen LogP contribution in [0.4, 0.5) is 0 Å². The smallest absolute Gasteiger partial charge is 0.236 e. The van der Waals surface area contributed by atoms with Gasteiger partial charge in [-0.2, -0.15) is 11.8 Å². The lowest BCUT2D eigenvalue weighted by atomic mass is 9.88. The number of amides is 1. The summed E-state index contributed by atoms with van der Waals surface area (Å²) >= 11 is 1.99. The Morgan fingerprint density at radius 1 is 1.32 bits per heavy atom. The number of nitrogens with zero attached hydrogens (tertiary/aromatic N) is 1. The summed E-state index contributed by atoms with van der Waals surface area (Å²) in [7, 11) is 0. The highest BCUT2D eigenvalue weighted by Gasteiger charge is 2.33. The SMILES string of the molecule is CCN(C(=O)CNCC1(SC)CCCCC1)C1CC1. The van der Waals surface area contributed by atoms with Crippen molar-refractivity contribution in [2.45, 2.75) is 62.7 Å². The van der Waals surface area contributed by atoms with Crippen LogP contribution in [0.5, 0.6) is 0 Å². The highest BCUT2D eigenvalue weighted by Crippen LogP contribution is 2.37. The third-order valence-corrected chi connectivity index (χ3v) is 5.99. The third kappa shape index (κ3) is 4.12. The van der Waals surface area contributed by atoms with E-state index in [2.05, 4.69) is 18.5 Å². The van der Waals surface area contributed by atoms with Gasteiger partial charge in [0, 0.05) is 23.9 Å². The molecule has 1 amide bonds. The van der Waals surface area contributed by atoms with Crippen LogP contribution in [-0.2, 0) is 4.79 Å². The van der Waals surface area contributed by atoms with E-state index in [1.165, 1.54) is 44.9 Å². The first kappa shape index (κ1) is 15.2. The summed E-state index contributed by atoms with van der Waals surface area (Å²) in [6.07, 6.45) is 11.3. The van der Waals surface area contributed by atoms with Gasteiger partial charge < -0.3 is 10.2 Å². The van der Waals surface area contributed by atoms with Gasteiger partial charge >= 0.3 is 0 Å². The first-order valence-corrected chi connectivity index (χ1v) is 8.98. The summed E-state index contributed by atoms with van der Waals surface area (Å²) in [4.78, 5) is 14.2. The number of rotatable bonds is 7. The van der Waals surface area contributed by atoms with Gasteiger partial charge in [0.1, 0.15) is 0 Å². The molecule has 19 heavy (non-hydrogen) atoms. The molecule has 2 rings (SSSR count). The lowest BCUT2D eigenvalue weighted by Gasteiger charge is -2.36. The number of thioether (sulfide) groups is 1. The molecule has 0 saturated heterocycles. The van der Waals surface area contributed by atoms with Crippen molar-refractivity contribution >= 4 is 17.7 Å². The molecule has 4 heteroatoms. The highest BCUT2D eigenvalue weighted by molar-refractivity contribution is 8.00. The molecule has 0 heterocycles. The van der Waals surface area contributed by atoms with Gasteiger partial charge in [-0.05, 0) is 38.9 Å². The largest absolute Gasteiger partial charge is 0.339 e. The molecule has 2 aliphatic carbocycles. The minimum absolute atomic E-state index is 0.289. The van der Waals surface area contributed by atoms with Crippen molar-refractivity contribution < 1.29 is 4.79 Å². The molecule has 0 aromatic rings. The lowest BCUT2D eigenvalue weighted by molar-refractivity contribution is -0.130. The van der Waals surface area contributed by atoms with E-state index < -0.39 is 0 Å². The fourth-order valence-electron chi connectivity index (χ4n) is 3.17. The summed E-state index contributed by atoms with van der Waals surface area (Å²) in [6.45, 7) is 4.45. The van der Waals surface area contributed by atoms with Crippen molar-refractivity contribution in [1.29, 1.82) is 0 Å². The fraction of sp³-hybridized carbons (Fsp3) is 0.933. The van der Waals surface area contributed by atoms with Crippen LogP contribution in [0.1, 0.15) is 51.9 Å². The quantitative estimate of drug-likeness (QED) is 0.780. The molecule has 0 radical (unpaired) electrons. The van der Waals surface area contributed by atoms with Crippen LogP contribution in [0.2, 0.25) is 0 Å². The van der Waals surface area contributed by atoms with Gasteiger partial charge in [-0.1, -0.05) is 19.3 Å². The van der Waals surface area contributed by atoms with E-state index in [9.17, 15) is 4.79 Å². The molecule has 2 fully saturated rings. The zero-order chi connectivity index (χ0) is 13.7. The zero-order valence-electron chi connectivity index (χ0n) is 12.4. The number of hydrogen-bond acceptors (Lipinski definition) is 3. The minimum atomic E-state index is 0.289. The van der Waals surface area contributed by atoms with Gasteiger partial charge in [-0.15, -0.1) is 0 Å². The van der Waals surface area contributed by atoms with Crippen LogP contribution in [0, 0.1) is 0 Å². The number of likely N-dealkylation sites (N-methyl/N-ethyl adjacent to an activating group) is 1. The second kappa shape index (κ2) is 6.98. The van der Waals surface area contributed by atoms with Gasteiger partial charge in [0.15, 0.2) is 0 Å². The summed E-state index contributed by atoms with van der Waals surface area (Å²) in [5.74, 6) is 0.289. The Morgan fingerprint density at radius 3 is 2.53 bits per heavy atom. The van der Waals surface area contributed by atoms with E-state index in [1.807, 2.05) is 16.7 Å². The second-order valence-electron chi connectivity index (χ2n) is 5.96. The average Bonchev–Trinajstić information content (AvgIpc) is 3.25. The Morgan fingerprint density at radius 2 is 2.00 bits per heavy atom. The molecule has 0 atom stereocenters. The van der Waals surface area contributed by atoms with Crippen molar-refractivity contribution in [3.05, 3.63) is 0 Å². The predicted octanol–water partition coefficient (Wildman–Crippen LogP) is 2.65. The third-order valence-electron chi connectivity index (χ3n) is 4.57. The standard InChI is InChI=1S/C15H28N2OS/c1-3-17(13-7-8-13)14(18)11-16-12-15(19-2)9-5-4-6-10-15/h13,16H,3-12H2,1-2H3. The number of nitrogens with one attached hydrogen (secondary N) is 1. The van der Waals surface area contributed by atoms with Gasteiger partial charge in [0.05, 0.1) is 6.54 Å². The molecule has 0 unspecified atom stereocenters.